The zero-order valence-corrected chi connectivity index (χ0v) is 20.8. The summed E-state index contributed by atoms with van der Waals surface area (Å²) in [6, 6.07) is 13.0. The standard InChI is InChI=1S/C19H19BrFN7O4S2/c1-34(30,31)28-19(24-12-5-3-2-4-6-12)22-9-10-33-18-16(26-32-27-18)17(25-29)23-13-7-8-15(21)14(20)11-13/h2-8,11,29H,9-10H2,1H3,(H,23,25)(H2,22,24,28). The smallest absolute Gasteiger partial charge is 0.232 e. The van der Waals surface area contributed by atoms with E-state index in [1.165, 1.54) is 30.0 Å². The number of hydroxylamine groups is 1. The van der Waals surface area contributed by atoms with Gasteiger partial charge in [-0.25, -0.2) is 22.4 Å². The Labute approximate surface area is 207 Å². The molecule has 0 aliphatic heterocycles. The molecule has 11 nitrogen and oxygen atoms in total. The minimum absolute atomic E-state index is 0.0593. The number of hydrogen-bond donors (Lipinski definition) is 4. The van der Waals surface area contributed by atoms with E-state index in [1.807, 2.05) is 11.5 Å². The SMILES string of the molecule is CS(=O)(=O)NC(=NCCSc1nonc1C(=Nc1ccc(F)c(Br)c1)NO)Nc1ccccc1. The Hall–Kier alpha value is -3.01. The highest BCUT2D eigenvalue weighted by molar-refractivity contribution is 9.10. The second-order valence-electron chi connectivity index (χ2n) is 6.53. The number of nitrogens with one attached hydrogen (secondary N) is 3. The van der Waals surface area contributed by atoms with E-state index in [-0.39, 0.29) is 28.5 Å². The average Bonchev–Trinajstić information content (AvgIpc) is 3.25. The predicted molar refractivity (Wildman–Crippen MR) is 131 cm³/mol. The van der Waals surface area contributed by atoms with Crippen molar-refractivity contribution in [3.05, 3.63) is 64.5 Å². The number of halogens is 2. The molecule has 0 unspecified atom stereocenters. The Balaban J connectivity index is 1.69. The molecule has 180 valence electrons. The molecule has 0 aliphatic rings. The van der Waals surface area contributed by atoms with Gasteiger partial charge in [0.05, 0.1) is 23.0 Å². The number of anilines is 1. The fourth-order valence-corrected chi connectivity index (χ4v) is 4.03. The molecule has 0 spiro atoms. The van der Waals surface area contributed by atoms with Crippen LogP contribution in [0.1, 0.15) is 5.69 Å². The maximum Gasteiger partial charge on any atom is 0.232 e. The number of sulfonamides is 1. The maximum absolute atomic E-state index is 13.4. The van der Waals surface area contributed by atoms with Gasteiger partial charge < -0.3 is 5.32 Å². The topological polar surface area (TPSA) is 154 Å². The van der Waals surface area contributed by atoms with Gasteiger partial charge in [0, 0.05) is 11.4 Å². The largest absolute Gasteiger partial charge is 0.326 e. The third kappa shape index (κ3) is 7.79. The number of aliphatic imine (C=N–C) groups is 2. The van der Waals surface area contributed by atoms with Gasteiger partial charge in [-0.3, -0.25) is 20.4 Å². The van der Waals surface area contributed by atoms with Crippen LogP contribution in [0.4, 0.5) is 15.8 Å². The monoisotopic (exact) mass is 571 g/mol. The summed E-state index contributed by atoms with van der Waals surface area (Å²) in [5.74, 6) is -0.0818. The molecule has 0 bridgehead atoms. The Bertz CT molecular complexity index is 1290. The van der Waals surface area contributed by atoms with E-state index < -0.39 is 15.8 Å². The zero-order valence-electron chi connectivity index (χ0n) is 17.6. The molecule has 0 fully saturated rings. The minimum Gasteiger partial charge on any atom is -0.326 e. The summed E-state index contributed by atoms with van der Waals surface area (Å²) >= 11 is 4.27. The molecule has 0 aliphatic carbocycles. The van der Waals surface area contributed by atoms with Crippen molar-refractivity contribution < 1.29 is 22.6 Å². The molecule has 1 heterocycles. The van der Waals surface area contributed by atoms with E-state index in [0.29, 0.717) is 22.2 Å². The van der Waals surface area contributed by atoms with Gasteiger partial charge in [-0.05, 0) is 56.6 Å². The number of para-hydroxylation sites is 1. The van der Waals surface area contributed by atoms with Crippen molar-refractivity contribution in [3.8, 4) is 0 Å². The average molecular weight is 572 g/mol. The first-order valence-electron chi connectivity index (χ1n) is 9.49. The van der Waals surface area contributed by atoms with Crippen LogP contribution >= 0.6 is 27.7 Å². The number of nitrogens with zero attached hydrogens (tertiary/aromatic N) is 4. The summed E-state index contributed by atoms with van der Waals surface area (Å²) in [6.45, 7) is 0.207. The molecule has 0 saturated carbocycles. The number of rotatable bonds is 8. The van der Waals surface area contributed by atoms with Crippen LogP contribution < -0.4 is 15.5 Å². The first kappa shape index (κ1) is 25.6. The third-order valence-corrected chi connectivity index (χ3v) is 5.95. The molecule has 0 saturated heterocycles. The Kier molecular flexibility index (Phi) is 8.98. The summed E-state index contributed by atoms with van der Waals surface area (Å²) in [7, 11) is -3.55. The zero-order chi connectivity index (χ0) is 24.6. The van der Waals surface area contributed by atoms with Crippen molar-refractivity contribution in [2.45, 2.75) is 5.03 Å². The van der Waals surface area contributed by atoms with Crippen LogP contribution in [0.3, 0.4) is 0 Å². The molecule has 0 radical (unpaired) electrons. The Morgan fingerprint density at radius 2 is 2.00 bits per heavy atom. The maximum atomic E-state index is 13.4. The van der Waals surface area contributed by atoms with E-state index in [1.54, 1.807) is 24.3 Å². The number of amidine groups is 1. The van der Waals surface area contributed by atoms with Crippen LogP contribution in [-0.2, 0) is 10.0 Å². The van der Waals surface area contributed by atoms with Crippen molar-refractivity contribution in [1.82, 2.24) is 20.5 Å². The van der Waals surface area contributed by atoms with Crippen LogP contribution in [0.2, 0.25) is 0 Å². The van der Waals surface area contributed by atoms with E-state index >= 15 is 0 Å². The summed E-state index contributed by atoms with van der Waals surface area (Å²) < 4.78 is 44.1. The van der Waals surface area contributed by atoms with Crippen LogP contribution in [0.15, 0.2) is 72.6 Å². The summed E-state index contributed by atoms with van der Waals surface area (Å²) in [5, 5.41) is 20.3. The Morgan fingerprint density at radius 3 is 2.68 bits per heavy atom. The molecule has 15 heteroatoms. The van der Waals surface area contributed by atoms with E-state index in [4.69, 9.17) is 4.63 Å². The van der Waals surface area contributed by atoms with Gasteiger partial charge in [0.2, 0.25) is 16.0 Å². The van der Waals surface area contributed by atoms with Crippen LogP contribution in [-0.4, -0.2) is 54.3 Å². The molecule has 0 atom stereocenters. The number of hydrogen-bond acceptors (Lipinski definition) is 9. The molecule has 4 N–H and O–H groups in total. The number of benzene rings is 2. The summed E-state index contributed by atoms with van der Waals surface area (Å²) in [6.07, 6.45) is 1.03. The van der Waals surface area contributed by atoms with E-state index in [9.17, 15) is 18.0 Å². The lowest BCUT2D eigenvalue weighted by Crippen LogP contribution is -2.35. The van der Waals surface area contributed by atoms with Crippen LogP contribution in [0.25, 0.3) is 0 Å². The van der Waals surface area contributed by atoms with Crippen molar-refractivity contribution in [2.24, 2.45) is 9.98 Å². The first-order chi connectivity index (χ1) is 16.2. The molecule has 1 aromatic heterocycles. The van der Waals surface area contributed by atoms with Gasteiger partial charge in [-0.15, -0.1) is 0 Å². The predicted octanol–water partition coefficient (Wildman–Crippen LogP) is 3.14. The second kappa shape index (κ2) is 11.9. The third-order valence-electron chi connectivity index (χ3n) is 3.85. The van der Waals surface area contributed by atoms with Gasteiger partial charge >= 0.3 is 0 Å². The van der Waals surface area contributed by atoms with Crippen LogP contribution in [0, 0.1) is 5.82 Å². The lowest BCUT2D eigenvalue weighted by atomic mass is 10.3. The molecular weight excluding hydrogens is 553 g/mol. The van der Waals surface area contributed by atoms with Crippen LogP contribution in [0.5, 0.6) is 0 Å². The van der Waals surface area contributed by atoms with Gasteiger partial charge in [-0.1, -0.05) is 30.0 Å². The van der Waals surface area contributed by atoms with Gasteiger partial charge in [0.25, 0.3) is 0 Å². The molecule has 2 aromatic carbocycles. The lowest BCUT2D eigenvalue weighted by Gasteiger charge is -2.11. The van der Waals surface area contributed by atoms with Crippen molar-refractivity contribution in [3.63, 3.8) is 0 Å². The molecular formula is C19H19BrFN7O4S2. The molecule has 3 aromatic rings. The van der Waals surface area contributed by atoms with Gasteiger partial charge in [0.1, 0.15) is 5.82 Å². The highest BCUT2D eigenvalue weighted by Gasteiger charge is 2.17. The number of thioether (sulfide) groups is 1. The molecule has 34 heavy (non-hydrogen) atoms. The van der Waals surface area contributed by atoms with Crippen molar-refractivity contribution in [2.75, 3.05) is 23.9 Å². The quantitative estimate of drug-likeness (QED) is 0.105. The minimum atomic E-state index is -3.55. The van der Waals surface area contributed by atoms with E-state index in [2.05, 4.69) is 46.3 Å². The van der Waals surface area contributed by atoms with Crippen molar-refractivity contribution in [1.29, 1.82) is 0 Å². The van der Waals surface area contributed by atoms with Gasteiger partial charge in [-0.2, -0.15) is 0 Å². The number of aromatic nitrogens is 2. The first-order valence-corrected chi connectivity index (χ1v) is 13.2. The summed E-state index contributed by atoms with van der Waals surface area (Å²) in [4.78, 5) is 8.46. The highest BCUT2D eigenvalue weighted by Crippen LogP contribution is 2.24. The fourth-order valence-electron chi connectivity index (χ4n) is 2.47. The highest BCUT2D eigenvalue weighted by atomic mass is 79.9. The molecule has 3 rings (SSSR count). The molecule has 0 amide bonds. The number of guanidine groups is 1. The summed E-state index contributed by atoms with van der Waals surface area (Å²) in [5.41, 5.74) is 3.08. The van der Waals surface area contributed by atoms with E-state index in [0.717, 1.165) is 6.26 Å². The lowest BCUT2D eigenvalue weighted by molar-refractivity contribution is 0.234. The normalized spacial score (nSPS) is 12.5. The fraction of sp³-hybridized carbons (Fsp3) is 0.158. The Morgan fingerprint density at radius 1 is 1.24 bits per heavy atom. The van der Waals surface area contributed by atoms with Crippen molar-refractivity contribution >= 4 is 60.9 Å². The second-order valence-corrected chi connectivity index (χ2v) is 10.2. The van der Waals surface area contributed by atoms with Gasteiger partial charge in [0.15, 0.2) is 16.6 Å².